The number of allylic oxidation sites excluding steroid dienone is 1. The SMILES string of the molecule is N#CC(=Cc1cc(I)cc(I)c1OCc1ccccc1)c1nc2ccccc2[nH]1. The predicted octanol–water partition coefficient (Wildman–Crippen LogP) is 6.42. The minimum atomic E-state index is 0.462. The largest absolute Gasteiger partial charge is 0.487 e. The highest BCUT2D eigenvalue weighted by molar-refractivity contribution is 14.1. The Bertz CT molecular complexity index is 1210. The molecule has 0 atom stereocenters. The summed E-state index contributed by atoms with van der Waals surface area (Å²) in [6, 6.07) is 24.1. The normalized spacial score (nSPS) is 11.4. The Kier molecular flexibility index (Phi) is 6.16. The van der Waals surface area contributed by atoms with Crippen LogP contribution in [-0.4, -0.2) is 9.97 Å². The topological polar surface area (TPSA) is 61.7 Å². The number of H-pyrrole nitrogens is 1. The predicted molar refractivity (Wildman–Crippen MR) is 132 cm³/mol. The number of aromatic amines is 1. The van der Waals surface area contributed by atoms with Gasteiger partial charge in [0.25, 0.3) is 0 Å². The molecule has 3 aromatic carbocycles. The number of halogens is 2. The molecule has 4 nitrogen and oxygen atoms in total. The molecule has 0 aliphatic rings. The third-order valence-corrected chi connectivity index (χ3v) is 5.75. The van der Waals surface area contributed by atoms with E-state index in [9.17, 15) is 5.26 Å². The number of rotatable bonds is 5. The van der Waals surface area contributed by atoms with Crippen LogP contribution in [0.4, 0.5) is 0 Å². The average Bonchev–Trinajstić information content (AvgIpc) is 3.16. The second-order valence-corrected chi connectivity index (χ2v) is 8.76. The summed E-state index contributed by atoms with van der Waals surface area (Å²) in [5, 5.41) is 9.78. The van der Waals surface area contributed by atoms with Gasteiger partial charge in [0.15, 0.2) is 0 Å². The number of nitrogens with zero attached hydrogens (tertiary/aromatic N) is 2. The van der Waals surface area contributed by atoms with Gasteiger partial charge < -0.3 is 9.72 Å². The maximum absolute atomic E-state index is 9.78. The van der Waals surface area contributed by atoms with Gasteiger partial charge in [-0.05, 0) is 81.1 Å². The molecule has 0 radical (unpaired) electrons. The Labute approximate surface area is 195 Å². The van der Waals surface area contributed by atoms with Gasteiger partial charge in [-0.1, -0.05) is 42.5 Å². The summed E-state index contributed by atoms with van der Waals surface area (Å²) in [6.07, 6.45) is 1.84. The van der Waals surface area contributed by atoms with Crippen molar-refractivity contribution in [3.05, 3.63) is 90.8 Å². The lowest BCUT2D eigenvalue weighted by Crippen LogP contribution is -2.00. The zero-order valence-electron chi connectivity index (χ0n) is 15.2. The van der Waals surface area contributed by atoms with Crippen molar-refractivity contribution in [2.24, 2.45) is 0 Å². The molecule has 1 aromatic heterocycles. The molecule has 1 N–H and O–H groups in total. The van der Waals surface area contributed by atoms with E-state index in [-0.39, 0.29) is 0 Å². The Balaban J connectivity index is 1.73. The van der Waals surface area contributed by atoms with Gasteiger partial charge in [0.2, 0.25) is 0 Å². The van der Waals surface area contributed by atoms with Crippen molar-refractivity contribution in [3.63, 3.8) is 0 Å². The molecule has 1 heterocycles. The third kappa shape index (κ3) is 4.62. The molecule has 6 heteroatoms. The van der Waals surface area contributed by atoms with Gasteiger partial charge in [-0.3, -0.25) is 0 Å². The molecule has 0 spiro atoms. The van der Waals surface area contributed by atoms with Gasteiger partial charge in [0.1, 0.15) is 24.3 Å². The lowest BCUT2D eigenvalue weighted by molar-refractivity contribution is 0.303. The molecular weight excluding hydrogens is 588 g/mol. The van der Waals surface area contributed by atoms with E-state index in [1.165, 1.54) is 0 Å². The van der Waals surface area contributed by atoms with Gasteiger partial charge >= 0.3 is 0 Å². The van der Waals surface area contributed by atoms with Gasteiger partial charge in [-0.15, -0.1) is 0 Å². The Hall–Kier alpha value is -2.38. The van der Waals surface area contributed by atoms with Crippen molar-refractivity contribution in [1.82, 2.24) is 9.97 Å². The van der Waals surface area contributed by atoms with Gasteiger partial charge in [-0.2, -0.15) is 5.26 Å². The number of nitriles is 1. The number of para-hydroxylation sites is 2. The molecule has 0 unspecified atom stereocenters. The number of hydrogen-bond acceptors (Lipinski definition) is 3. The van der Waals surface area contributed by atoms with Crippen LogP contribution < -0.4 is 4.74 Å². The third-order valence-electron chi connectivity index (χ3n) is 4.33. The van der Waals surface area contributed by atoms with Crippen LogP contribution in [0.5, 0.6) is 5.75 Å². The highest BCUT2D eigenvalue weighted by Crippen LogP contribution is 2.32. The number of nitrogens with one attached hydrogen (secondary N) is 1. The van der Waals surface area contributed by atoms with E-state index in [1.54, 1.807) is 0 Å². The number of imidazole rings is 1. The van der Waals surface area contributed by atoms with Crippen molar-refractivity contribution in [2.45, 2.75) is 6.61 Å². The van der Waals surface area contributed by atoms with E-state index < -0.39 is 0 Å². The Morgan fingerprint density at radius 1 is 1.07 bits per heavy atom. The van der Waals surface area contributed by atoms with Crippen LogP contribution in [0.25, 0.3) is 22.7 Å². The van der Waals surface area contributed by atoms with Crippen LogP contribution in [0.3, 0.4) is 0 Å². The van der Waals surface area contributed by atoms with Crippen molar-refractivity contribution in [2.75, 3.05) is 0 Å². The van der Waals surface area contributed by atoms with Crippen LogP contribution in [-0.2, 0) is 6.61 Å². The van der Waals surface area contributed by atoms with Crippen LogP contribution in [0.15, 0.2) is 66.7 Å². The number of benzene rings is 3. The van der Waals surface area contributed by atoms with Crippen LogP contribution in [0.1, 0.15) is 17.0 Å². The van der Waals surface area contributed by atoms with Gasteiger partial charge in [-0.25, -0.2) is 4.98 Å². The number of ether oxygens (including phenoxy) is 1. The molecule has 4 aromatic rings. The monoisotopic (exact) mass is 603 g/mol. The van der Waals surface area contributed by atoms with Crippen LogP contribution in [0.2, 0.25) is 0 Å². The summed E-state index contributed by atoms with van der Waals surface area (Å²) in [6.45, 7) is 0.463. The summed E-state index contributed by atoms with van der Waals surface area (Å²) in [4.78, 5) is 7.78. The molecule has 4 rings (SSSR count). The van der Waals surface area contributed by atoms with E-state index in [4.69, 9.17) is 4.74 Å². The van der Waals surface area contributed by atoms with E-state index >= 15 is 0 Å². The summed E-state index contributed by atoms with van der Waals surface area (Å²) in [5.74, 6) is 1.32. The molecule has 0 saturated heterocycles. The van der Waals surface area contributed by atoms with E-state index in [1.807, 2.05) is 66.7 Å². The highest BCUT2D eigenvalue weighted by Gasteiger charge is 2.13. The second-order valence-electron chi connectivity index (χ2n) is 6.35. The zero-order chi connectivity index (χ0) is 20.2. The average molecular weight is 603 g/mol. The molecule has 0 aliphatic carbocycles. The van der Waals surface area contributed by atoms with Crippen molar-refractivity contribution < 1.29 is 4.74 Å². The first-order valence-electron chi connectivity index (χ1n) is 8.87. The lowest BCUT2D eigenvalue weighted by Gasteiger charge is -2.13. The minimum Gasteiger partial charge on any atom is -0.487 e. The quantitative estimate of drug-likeness (QED) is 0.212. The zero-order valence-corrected chi connectivity index (χ0v) is 19.5. The van der Waals surface area contributed by atoms with E-state index in [2.05, 4.69) is 67.3 Å². The molecule has 0 amide bonds. The molecule has 29 heavy (non-hydrogen) atoms. The molecule has 0 aliphatic heterocycles. The Morgan fingerprint density at radius 2 is 1.83 bits per heavy atom. The fourth-order valence-corrected chi connectivity index (χ4v) is 5.00. The van der Waals surface area contributed by atoms with Crippen LogP contribution in [0, 0.1) is 18.5 Å². The second kappa shape index (κ2) is 8.97. The maximum Gasteiger partial charge on any atom is 0.149 e. The summed E-state index contributed by atoms with van der Waals surface area (Å²) < 4.78 is 8.23. The first-order chi connectivity index (χ1) is 14.1. The summed E-state index contributed by atoms with van der Waals surface area (Å²) >= 11 is 4.55. The number of fused-ring (bicyclic) bond motifs is 1. The first kappa shape index (κ1) is 19.9. The van der Waals surface area contributed by atoms with Crippen molar-refractivity contribution in [1.29, 1.82) is 5.26 Å². The molecule has 142 valence electrons. The fraction of sp³-hybridized carbons (Fsp3) is 0.0435. The lowest BCUT2D eigenvalue weighted by atomic mass is 10.1. The molecular formula is C23H15I2N3O. The molecule has 0 bridgehead atoms. The van der Waals surface area contributed by atoms with Gasteiger partial charge in [0, 0.05) is 9.13 Å². The standard InChI is InChI=1S/C23H15I2N3O/c24-18-11-16(22(19(25)12-18)29-14-15-6-2-1-3-7-15)10-17(13-26)23-27-20-8-4-5-9-21(20)28-23/h1-12H,14H2,(H,27,28). The van der Waals surface area contributed by atoms with E-state index in [0.29, 0.717) is 18.0 Å². The van der Waals surface area contributed by atoms with Gasteiger partial charge in [0.05, 0.1) is 20.2 Å². The minimum absolute atomic E-state index is 0.462. The van der Waals surface area contributed by atoms with Crippen molar-refractivity contribution >= 4 is 67.9 Å². The summed E-state index contributed by atoms with van der Waals surface area (Å²) in [5.41, 5.74) is 4.15. The summed E-state index contributed by atoms with van der Waals surface area (Å²) in [7, 11) is 0. The maximum atomic E-state index is 9.78. The first-order valence-corrected chi connectivity index (χ1v) is 11.0. The van der Waals surface area contributed by atoms with E-state index in [0.717, 1.165) is 35.1 Å². The van der Waals surface area contributed by atoms with Crippen molar-refractivity contribution in [3.8, 4) is 11.8 Å². The molecule has 0 saturated carbocycles. The number of aromatic nitrogens is 2. The van der Waals surface area contributed by atoms with Crippen LogP contribution >= 0.6 is 45.2 Å². The number of hydrogen-bond donors (Lipinski definition) is 1. The smallest absolute Gasteiger partial charge is 0.149 e. The highest BCUT2D eigenvalue weighted by atomic mass is 127. The Morgan fingerprint density at radius 3 is 2.59 bits per heavy atom. The fourth-order valence-electron chi connectivity index (χ4n) is 2.96. The molecule has 0 fully saturated rings.